The Morgan fingerprint density at radius 3 is 2.46 bits per heavy atom. The highest BCUT2D eigenvalue weighted by atomic mass is 19.4. The first-order valence-corrected chi connectivity index (χ1v) is 11.6. The molecule has 1 amide bonds. The van der Waals surface area contributed by atoms with Gasteiger partial charge in [-0.15, -0.1) is 0 Å². The van der Waals surface area contributed by atoms with Crippen LogP contribution < -0.4 is 15.4 Å². The number of para-hydroxylation sites is 2. The number of ether oxygens (including phenoxy) is 1. The van der Waals surface area contributed by atoms with E-state index in [4.69, 9.17) is 4.74 Å². The molecular formula is C26H26F3N3O3. The summed E-state index contributed by atoms with van der Waals surface area (Å²) in [6.45, 7) is 0. The number of anilines is 1. The number of hydrogen-bond acceptors (Lipinski definition) is 5. The molecular weight excluding hydrogens is 459 g/mol. The third-order valence-electron chi connectivity index (χ3n) is 5.94. The smallest absolute Gasteiger partial charge is 0.427 e. The third kappa shape index (κ3) is 6.71. The van der Waals surface area contributed by atoms with Crippen LogP contribution in [0.15, 0.2) is 60.7 Å². The van der Waals surface area contributed by atoms with Crippen LogP contribution in [-0.2, 0) is 15.8 Å². The summed E-state index contributed by atoms with van der Waals surface area (Å²) in [5.74, 6) is -0.314. The molecule has 1 saturated carbocycles. The van der Waals surface area contributed by atoms with Crippen LogP contribution in [0, 0.1) is 0 Å². The molecule has 0 spiro atoms. The average Bonchev–Trinajstić information content (AvgIpc) is 2.83. The van der Waals surface area contributed by atoms with E-state index in [-0.39, 0.29) is 36.3 Å². The summed E-state index contributed by atoms with van der Waals surface area (Å²) in [6, 6.07) is 16.2. The summed E-state index contributed by atoms with van der Waals surface area (Å²) < 4.78 is 45.3. The van der Waals surface area contributed by atoms with Gasteiger partial charge >= 0.3 is 12.1 Å². The molecule has 9 heteroatoms. The zero-order valence-corrected chi connectivity index (χ0v) is 19.0. The molecule has 1 aliphatic rings. The monoisotopic (exact) mass is 485 g/mol. The largest absolute Gasteiger partial charge is 0.433 e. The second-order valence-electron chi connectivity index (χ2n) is 8.63. The second kappa shape index (κ2) is 10.8. The van der Waals surface area contributed by atoms with Crippen molar-refractivity contribution >= 4 is 28.5 Å². The minimum atomic E-state index is -4.55. The summed E-state index contributed by atoms with van der Waals surface area (Å²) in [5, 5.41) is 6.81. The van der Waals surface area contributed by atoms with Crippen molar-refractivity contribution in [1.29, 1.82) is 0 Å². The quantitative estimate of drug-likeness (QED) is 0.342. The Morgan fingerprint density at radius 1 is 0.971 bits per heavy atom. The van der Waals surface area contributed by atoms with Gasteiger partial charge in [0.2, 0.25) is 5.91 Å². The number of carbonyl (C=O) groups is 2. The van der Waals surface area contributed by atoms with Crippen LogP contribution in [0.3, 0.4) is 0 Å². The van der Waals surface area contributed by atoms with Gasteiger partial charge in [0.25, 0.3) is 0 Å². The lowest BCUT2D eigenvalue weighted by molar-refractivity contribution is -0.141. The number of pyridine rings is 1. The topological polar surface area (TPSA) is 80.3 Å². The van der Waals surface area contributed by atoms with Crippen LogP contribution in [0.2, 0.25) is 0 Å². The lowest BCUT2D eigenvalue weighted by Crippen LogP contribution is -2.42. The Bertz CT molecular complexity index is 1180. The minimum absolute atomic E-state index is 0.00416. The number of carbonyl (C=O) groups excluding carboxylic acids is 2. The minimum Gasteiger partial charge on any atom is -0.427 e. The summed E-state index contributed by atoms with van der Waals surface area (Å²) in [4.78, 5) is 28.1. The van der Waals surface area contributed by atoms with Crippen molar-refractivity contribution in [1.82, 2.24) is 10.3 Å². The zero-order valence-electron chi connectivity index (χ0n) is 19.0. The van der Waals surface area contributed by atoms with Gasteiger partial charge in [0, 0.05) is 29.6 Å². The fourth-order valence-corrected chi connectivity index (χ4v) is 4.30. The van der Waals surface area contributed by atoms with E-state index in [1.165, 1.54) is 0 Å². The molecule has 2 aromatic carbocycles. The van der Waals surface area contributed by atoms with Crippen molar-refractivity contribution in [3.8, 4) is 5.75 Å². The van der Waals surface area contributed by atoms with E-state index in [0.29, 0.717) is 23.2 Å². The van der Waals surface area contributed by atoms with Gasteiger partial charge in [-0.05, 0) is 49.9 Å². The number of aromatic nitrogens is 1. The summed E-state index contributed by atoms with van der Waals surface area (Å²) >= 11 is 0. The molecule has 1 aromatic heterocycles. The van der Waals surface area contributed by atoms with Gasteiger partial charge in [-0.1, -0.05) is 36.4 Å². The van der Waals surface area contributed by atoms with Crippen molar-refractivity contribution in [2.45, 2.75) is 56.8 Å². The highest BCUT2D eigenvalue weighted by Crippen LogP contribution is 2.34. The van der Waals surface area contributed by atoms with E-state index in [9.17, 15) is 22.8 Å². The van der Waals surface area contributed by atoms with Crippen molar-refractivity contribution < 1.29 is 27.5 Å². The van der Waals surface area contributed by atoms with Crippen molar-refractivity contribution in [2.75, 3.05) is 5.32 Å². The number of esters is 1. The van der Waals surface area contributed by atoms with Crippen molar-refractivity contribution in [3.05, 3.63) is 66.4 Å². The number of rotatable bonds is 7. The van der Waals surface area contributed by atoms with E-state index >= 15 is 0 Å². The first kappa shape index (κ1) is 24.5. The van der Waals surface area contributed by atoms with Gasteiger partial charge in [-0.2, -0.15) is 13.2 Å². The number of fused-ring (bicyclic) bond motifs is 1. The van der Waals surface area contributed by atoms with Crippen LogP contribution >= 0.6 is 0 Å². The van der Waals surface area contributed by atoms with Gasteiger partial charge in [0.1, 0.15) is 11.4 Å². The van der Waals surface area contributed by atoms with Gasteiger partial charge in [-0.3, -0.25) is 9.59 Å². The van der Waals surface area contributed by atoms with Crippen LogP contribution in [0.4, 0.5) is 18.9 Å². The Balaban J connectivity index is 1.33. The molecule has 2 N–H and O–H groups in total. The third-order valence-corrected chi connectivity index (χ3v) is 5.94. The zero-order chi connectivity index (χ0) is 24.8. The number of halogens is 3. The van der Waals surface area contributed by atoms with Crippen LogP contribution in [0.5, 0.6) is 5.75 Å². The van der Waals surface area contributed by atoms with Gasteiger partial charge < -0.3 is 15.4 Å². The lowest BCUT2D eigenvalue weighted by atomic mass is 9.90. The highest BCUT2D eigenvalue weighted by Gasteiger charge is 2.34. The van der Waals surface area contributed by atoms with Crippen molar-refractivity contribution in [2.24, 2.45) is 0 Å². The number of nitrogens with one attached hydrogen (secondary N) is 2. The molecule has 184 valence electrons. The number of benzene rings is 2. The predicted molar refractivity (Wildman–Crippen MR) is 126 cm³/mol. The Labute approximate surface area is 200 Å². The SMILES string of the molecule is O=C(CCC(=O)Oc1ccccc1)N[C@@H]1CCC[C@H](Nc2cc(C(F)(F)F)nc3ccccc23)C1. The van der Waals surface area contributed by atoms with Crippen LogP contribution in [0.25, 0.3) is 10.9 Å². The molecule has 0 radical (unpaired) electrons. The summed E-state index contributed by atoms with van der Waals surface area (Å²) in [5.41, 5.74) is -0.293. The maximum Gasteiger partial charge on any atom is 0.433 e. The molecule has 0 aliphatic heterocycles. The van der Waals surface area contributed by atoms with Crippen LogP contribution in [-0.4, -0.2) is 28.9 Å². The average molecular weight is 486 g/mol. The molecule has 3 aromatic rings. The van der Waals surface area contributed by atoms with Crippen molar-refractivity contribution in [3.63, 3.8) is 0 Å². The molecule has 35 heavy (non-hydrogen) atoms. The number of alkyl halides is 3. The molecule has 0 unspecified atom stereocenters. The Kier molecular flexibility index (Phi) is 7.53. The first-order chi connectivity index (χ1) is 16.8. The molecule has 1 aliphatic carbocycles. The Morgan fingerprint density at radius 2 is 1.69 bits per heavy atom. The fourth-order valence-electron chi connectivity index (χ4n) is 4.30. The molecule has 1 heterocycles. The molecule has 1 fully saturated rings. The molecule has 4 rings (SSSR count). The summed E-state index contributed by atoms with van der Waals surface area (Å²) in [6.07, 6.45) is -1.67. The number of nitrogens with zero attached hydrogens (tertiary/aromatic N) is 1. The summed E-state index contributed by atoms with van der Waals surface area (Å²) in [7, 11) is 0. The van der Waals surface area contributed by atoms with Gasteiger partial charge in [0.15, 0.2) is 0 Å². The van der Waals surface area contributed by atoms with E-state index in [1.54, 1.807) is 48.5 Å². The van der Waals surface area contributed by atoms with E-state index < -0.39 is 17.8 Å². The maximum absolute atomic E-state index is 13.4. The van der Waals surface area contributed by atoms with Gasteiger partial charge in [0.05, 0.1) is 11.9 Å². The maximum atomic E-state index is 13.4. The van der Waals surface area contributed by atoms with E-state index in [1.807, 2.05) is 6.07 Å². The van der Waals surface area contributed by atoms with Gasteiger partial charge in [-0.25, -0.2) is 4.98 Å². The molecule has 0 bridgehead atoms. The molecule has 6 nitrogen and oxygen atoms in total. The fraction of sp³-hybridized carbons (Fsp3) is 0.346. The number of hydrogen-bond donors (Lipinski definition) is 2. The highest BCUT2D eigenvalue weighted by molar-refractivity contribution is 5.91. The lowest BCUT2D eigenvalue weighted by Gasteiger charge is -2.31. The first-order valence-electron chi connectivity index (χ1n) is 11.6. The van der Waals surface area contributed by atoms with Crippen LogP contribution in [0.1, 0.15) is 44.2 Å². The predicted octanol–water partition coefficient (Wildman–Crippen LogP) is 5.48. The second-order valence-corrected chi connectivity index (χ2v) is 8.63. The van der Waals surface area contributed by atoms with E-state index in [2.05, 4.69) is 15.6 Å². The standard InChI is InChI=1S/C26H26F3N3O3/c27-26(28,29)23-16-22(20-11-4-5-12-21(20)32-23)30-17-7-6-8-18(15-17)31-24(33)13-14-25(34)35-19-9-2-1-3-10-19/h1-5,9-12,16-18H,6-8,13-15H2,(H,30,32)(H,31,33)/t17-,18+/m0/s1. The molecule has 2 atom stereocenters. The Hall–Kier alpha value is -3.62. The normalized spacial score (nSPS) is 18.1. The molecule has 0 saturated heterocycles. The van der Waals surface area contributed by atoms with E-state index in [0.717, 1.165) is 25.3 Å². The number of amides is 1.